The lowest BCUT2D eigenvalue weighted by Gasteiger charge is -2.37. The third kappa shape index (κ3) is 2.92. The van der Waals surface area contributed by atoms with Gasteiger partial charge in [-0.1, -0.05) is 28.9 Å². The van der Waals surface area contributed by atoms with Gasteiger partial charge in [0.1, 0.15) is 0 Å². The molecule has 1 aliphatic heterocycles. The fraction of sp³-hybridized carbons (Fsp3) is 0.235. The van der Waals surface area contributed by atoms with Crippen molar-refractivity contribution >= 4 is 17.5 Å². The van der Waals surface area contributed by atoms with E-state index in [0.29, 0.717) is 42.0 Å². The highest BCUT2D eigenvalue weighted by atomic mass is 35.5. The van der Waals surface area contributed by atoms with Crippen LogP contribution in [0.1, 0.15) is 17.4 Å². The lowest BCUT2D eigenvalue weighted by Crippen LogP contribution is -2.49. The summed E-state index contributed by atoms with van der Waals surface area (Å²) in [5.74, 6) is 1.70. The highest BCUT2D eigenvalue weighted by Crippen LogP contribution is 2.28. The molecule has 3 aromatic rings. The van der Waals surface area contributed by atoms with Crippen molar-refractivity contribution in [1.82, 2.24) is 15.0 Å². The van der Waals surface area contributed by atoms with Gasteiger partial charge in [0.05, 0.1) is 18.6 Å². The molecule has 0 unspecified atom stereocenters. The zero-order valence-corrected chi connectivity index (χ0v) is 13.4. The fourth-order valence-electron chi connectivity index (χ4n) is 2.63. The molecule has 0 aliphatic carbocycles. The number of benzene rings is 1. The number of hydrogen-bond acceptors (Lipinski definition) is 5. The summed E-state index contributed by atoms with van der Waals surface area (Å²) in [5, 5.41) is 4.58. The van der Waals surface area contributed by atoms with Crippen LogP contribution in [0.4, 0.5) is 0 Å². The third-order valence-corrected chi connectivity index (χ3v) is 4.29. The minimum Gasteiger partial charge on any atom is -0.461 e. The molecular weight excluding hydrogens is 330 g/mol. The molecule has 1 amide bonds. The molecule has 122 valence electrons. The number of hydrogen-bond donors (Lipinski definition) is 0. The quantitative estimate of drug-likeness (QED) is 0.727. The van der Waals surface area contributed by atoms with E-state index in [1.54, 1.807) is 35.4 Å². The van der Waals surface area contributed by atoms with Gasteiger partial charge < -0.3 is 13.8 Å². The van der Waals surface area contributed by atoms with Gasteiger partial charge in [-0.3, -0.25) is 4.79 Å². The first kappa shape index (κ1) is 15.0. The Kier molecular flexibility index (Phi) is 3.82. The van der Waals surface area contributed by atoms with Crippen LogP contribution in [0.15, 0.2) is 51.6 Å². The van der Waals surface area contributed by atoms with Crippen LogP contribution in [0, 0.1) is 0 Å². The molecule has 3 heterocycles. The summed E-state index contributed by atoms with van der Waals surface area (Å²) in [4.78, 5) is 18.4. The average Bonchev–Trinajstić information content (AvgIpc) is 3.19. The minimum atomic E-state index is 0.0791. The van der Waals surface area contributed by atoms with Gasteiger partial charge in [-0.05, 0) is 29.8 Å². The van der Waals surface area contributed by atoms with E-state index in [9.17, 15) is 4.79 Å². The second-order valence-corrected chi connectivity index (χ2v) is 6.17. The van der Waals surface area contributed by atoms with Crippen LogP contribution in [0.2, 0.25) is 5.02 Å². The fourth-order valence-corrected chi connectivity index (χ4v) is 2.76. The summed E-state index contributed by atoms with van der Waals surface area (Å²) in [5.41, 5.74) is 0.950. The molecule has 0 bridgehead atoms. The van der Waals surface area contributed by atoms with Crippen LogP contribution in [0.5, 0.6) is 0 Å². The predicted octanol–water partition coefficient (Wildman–Crippen LogP) is 3.15. The third-order valence-electron chi connectivity index (χ3n) is 4.04. The van der Waals surface area contributed by atoms with Crippen LogP contribution >= 0.6 is 11.6 Å². The van der Waals surface area contributed by atoms with Crippen molar-refractivity contribution in [2.75, 3.05) is 13.1 Å². The summed E-state index contributed by atoms with van der Waals surface area (Å²) in [6.45, 7) is 1.18. The highest BCUT2D eigenvalue weighted by Gasteiger charge is 2.35. The molecule has 1 fully saturated rings. The van der Waals surface area contributed by atoms with E-state index >= 15 is 0 Å². The maximum absolute atomic E-state index is 12.3. The first-order valence-corrected chi connectivity index (χ1v) is 7.96. The maximum Gasteiger partial charge on any atom is 0.238 e. The molecule has 0 radical (unpaired) electrons. The maximum atomic E-state index is 12.3. The number of likely N-dealkylation sites (tertiary alicyclic amines) is 1. The molecule has 1 saturated heterocycles. The van der Waals surface area contributed by atoms with Crippen molar-refractivity contribution in [2.45, 2.75) is 12.3 Å². The predicted molar refractivity (Wildman–Crippen MR) is 86.5 cm³/mol. The van der Waals surface area contributed by atoms with Crippen molar-refractivity contribution in [3.63, 3.8) is 0 Å². The van der Waals surface area contributed by atoms with E-state index in [2.05, 4.69) is 10.1 Å². The van der Waals surface area contributed by atoms with Crippen LogP contribution < -0.4 is 0 Å². The summed E-state index contributed by atoms with van der Waals surface area (Å²) in [6, 6.07) is 10.9. The Morgan fingerprint density at radius 1 is 1.25 bits per heavy atom. The molecule has 1 aliphatic rings. The van der Waals surface area contributed by atoms with Gasteiger partial charge in [-0.15, -0.1) is 0 Å². The number of aromatic nitrogens is 2. The molecule has 4 rings (SSSR count). The lowest BCUT2D eigenvalue weighted by atomic mass is 9.99. The van der Waals surface area contributed by atoms with E-state index in [1.165, 1.54) is 0 Å². The Morgan fingerprint density at radius 2 is 2.04 bits per heavy atom. The van der Waals surface area contributed by atoms with E-state index < -0.39 is 0 Å². The highest BCUT2D eigenvalue weighted by molar-refractivity contribution is 6.30. The van der Waals surface area contributed by atoms with Gasteiger partial charge in [-0.25, -0.2) is 0 Å². The second-order valence-electron chi connectivity index (χ2n) is 5.73. The number of furan rings is 1. The van der Waals surface area contributed by atoms with Gasteiger partial charge in [0.15, 0.2) is 5.76 Å². The summed E-state index contributed by atoms with van der Waals surface area (Å²) in [7, 11) is 0. The first-order chi connectivity index (χ1) is 11.7. The Morgan fingerprint density at radius 3 is 2.75 bits per heavy atom. The van der Waals surface area contributed by atoms with Crippen molar-refractivity contribution in [2.24, 2.45) is 0 Å². The second kappa shape index (κ2) is 6.13. The minimum absolute atomic E-state index is 0.0791. The zero-order chi connectivity index (χ0) is 16.5. The molecule has 0 atom stereocenters. The molecule has 0 spiro atoms. The van der Waals surface area contributed by atoms with Crippen molar-refractivity contribution in [3.8, 4) is 11.6 Å². The van der Waals surface area contributed by atoms with Gasteiger partial charge >= 0.3 is 0 Å². The van der Waals surface area contributed by atoms with Gasteiger partial charge in [0.2, 0.25) is 17.6 Å². The molecule has 0 saturated carbocycles. The zero-order valence-electron chi connectivity index (χ0n) is 12.7. The van der Waals surface area contributed by atoms with Crippen molar-refractivity contribution < 1.29 is 13.7 Å². The van der Waals surface area contributed by atoms with Gasteiger partial charge in [0, 0.05) is 18.1 Å². The molecule has 6 nitrogen and oxygen atoms in total. The number of carbonyl (C=O) groups excluding carboxylic acids is 1. The molecule has 7 heteroatoms. The monoisotopic (exact) mass is 343 g/mol. The normalized spacial score (nSPS) is 14.6. The summed E-state index contributed by atoms with van der Waals surface area (Å²) < 4.78 is 10.5. The van der Waals surface area contributed by atoms with E-state index in [-0.39, 0.29) is 11.8 Å². The largest absolute Gasteiger partial charge is 0.461 e. The molecule has 24 heavy (non-hydrogen) atoms. The Balaban J connectivity index is 1.34. The van der Waals surface area contributed by atoms with Gasteiger partial charge in [-0.2, -0.15) is 4.98 Å². The summed E-state index contributed by atoms with van der Waals surface area (Å²) in [6.07, 6.45) is 1.93. The van der Waals surface area contributed by atoms with Crippen molar-refractivity contribution in [3.05, 3.63) is 59.1 Å². The molecular formula is C17H14ClN3O3. The average molecular weight is 344 g/mol. The van der Waals surface area contributed by atoms with Crippen LogP contribution in [-0.4, -0.2) is 34.0 Å². The van der Waals surface area contributed by atoms with E-state index in [0.717, 1.165) is 5.56 Å². The van der Waals surface area contributed by atoms with E-state index in [1.807, 2.05) is 12.1 Å². The standard InChI is InChI=1S/C17H14ClN3O3/c18-13-5-3-11(4-6-13)8-15(22)21-9-12(10-21)17-19-16(20-24-17)14-2-1-7-23-14/h1-7,12H,8-10H2. The van der Waals surface area contributed by atoms with Crippen LogP contribution in [-0.2, 0) is 11.2 Å². The number of nitrogens with zero attached hydrogens (tertiary/aromatic N) is 3. The molecule has 0 N–H and O–H groups in total. The van der Waals surface area contributed by atoms with Crippen LogP contribution in [0.25, 0.3) is 11.6 Å². The van der Waals surface area contributed by atoms with Crippen molar-refractivity contribution in [1.29, 1.82) is 0 Å². The smallest absolute Gasteiger partial charge is 0.238 e. The molecule has 2 aromatic heterocycles. The number of halogens is 1. The number of rotatable bonds is 4. The van der Waals surface area contributed by atoms with Gasteiger partial charge in [0.25, 0.3) is 0 Å². The number of carbonyl (C=O) groups is 1. The lowest BCUT2D eigenvalue weighted by molar-refractivity contribution is -0.135. The SMILES string of the molecule is O=C(Cc1ccc(Cl)cc1)N1CC(c2nc(-c3ccco3)no2)C1. The number of amides is 1. The van der Waals surface area contributed by atoms with Crippen LogP contribution in [0.3, 0.4) is 0 Å². The van der Waals surface area contributed by atoms with E-state index in [4.69, 9.17) is 20.5 Å². The molecule has 1 aromatic carbocycles. The Labute approximate surface area is 143 Å². The summed E-state index contributed by atoms with van der Waals surface area (Å²) >= 11 is 5.85. The topological polar surface area (TPSA) is 72.4 Å². The first-order valence-electron chi connectivity index (χ1n) is 7.59. The Hall–Kier alpha value is -2.60. The Bertz CT molecular complexity index is 836.